The lowest BCUT2D eigenvalue weighted by molar-refractivity contribution is -0.131. The summed E-state index contributed by atoms with van der Waals surface area (Å²) >= 11 is 0. The van der Waals surface area contributed by atoms with E-state index in [0.717, 1.165) is 18.2 Å². The summed E-state index contributed by atoms with van der Waals surface area (Å²) in [5.41, 5.74) is -3.90. The first-order valence-electron chi connectivity index (χ1n) is 6.55. The molecule has 0 unspecified atom stereocenters. The molecule has 0 saturated heterocycles. The molecule has 0 atom stereocenters. The number of hydrogen-bond donors (Lipinski definition) is 1. The molecule has 0 aromatic heterocycles. The van der Waals surface area contributed by atoms with E-state index in [4.69, 9.17) is 5.11 Å². The molecule has 0 amide bonds. The Morgan fingerprint density at radius 2 is 1.73 bits per heavy atom. The molecule has 1 aromatic carbocycles. The third-order valence-corrected chi connectivity index (χ3v) is 4.76. The minimum Gasteiger partial charge on any atom is -0.478 e. The van der Waals surface area contributed by atoms with Gasteiger partial charge in [0.05, 0.1) is 13.2 Å². The van der Waals surface area contributed by atoms with E-state index in [1.807, 2.05) is 0 Å². The lowest BCUT2D eigenvalue weighted by Crippen LogP contribution is -2.18. The molecule has 0 aliphatic heterocycles. The van der Waals surface area contributed by atoms with Gasteiger partial charge in [-0.2, -0.15) is 8.78 Å². The van der Waals surface area contributed by atoms with E-state index in [1.165, 1.54) is 32.1 Å². The largest absolute Gasteiger partial charge is 0.478 e. The third-order valence-electron chi connectivity index (χ3n) is 2.62. The highest BCUT2D eigenvalue weighted by molar-refractivity contribution is 7.54. The normalized spacial score (nSPS) is 12.7. The van der Waals surface area contributed by atoms with E-state index >= 15 is 0 Å². The average Bonchev–Trinajstić information content (AvgIpc) is 2.46. The van der Waals surface area contributed by atoms with Gasteiger partial charge in [-0.15, -0.1) is 0 Å². The Hall–Kier alpha value is -1.56. The highest BCUT2D eigenvalue weighted by Crippen LogP contribution is 2.66. The van der Waals surface area contributed by atoms with Crippen molar-refractivity contribution in [3.05, 3.63) is 41.5 Å². The molecule has 0 fully saturated rings. The average molecular weight is 334 g/mol. The first-order chi connectivity index (χ1) is 10.3. The summed E-state index contributed by atoms with van der Waals surface area (Å²) in [5, 5.41) is 8.51. The van der Waals surface area contributed by atoms with Crippen LogP contribution in [0.4, 0.5) is 8.78 Å². The maximum Gasteiger partial charge on any atom is 0.404 e. The van der Waals surface area contributed by atoms with E-state index in [0.29, 0.717) is 5.56 Å². The fourth-order valence-corrected chi connectivity index (χ4v) is 3.20. The quantitative estimate of drug-likeness (QED) is 0.572. The van der Waals surface area contributed by atoms with Crippen LogP contribution in [0.3, 0.4) is 0 Å². The molecule has 0 heterocycles. The van der Waals surface area contributed by atoms with E-state index in [1.54, 1.807) is 0 Å². The molecular formula is C14H17F2O5P. The summed E-state index contributed by atoms with van der Waals surface area (Å²) in [6.45, 7) is 2.54. The van der Waals surface area contributed by atoms with Gasteiger partial charge in [-0.1, -0.05) is 24.3 Å². The summed E-state index contributed by atoms with van der Waals surface area (Å²) in [6, 6.07) is 4.72. The highest BCUT2D eigenvalue weighted by Gasteiger charge is 2.54. The van der Waals surface area contributed by atoms with Gasteiger partial charge in [-0.3, -0.25) is 4.57 Å². The third kappa shape index (κ3) is 4.22. The minimum atomic E-state index is -4.64. The van der Waals surface area contributed by atoms with Crippen LogP contribution in [0.2, 0.25) is 0 Å². The van der Waals surface area contributed by atoms with Crippen LogP contribution < -0.4 is 0 Å². The Labute approximate surface area is 127 Å². The molecular weight excluding hydrogens is 317 g/mol. The zero-order valence-electron chi connectivity index (χ0n) is 12.2. The van der Waals surface area contributed by atoms with Crippen molar-refractivity contribution in [3.8, 4) is 0 Å². The second-order valence-electron chi connectivity index (χ2n) is 4.17. The fraction of sp³-hybridized carbons (Fsp3) is 0.357. The standard InChI is InChI=1S/C14H17F2O5P/c1-3-20-22(19,21-4-2)14(15,16)12-8-5-11(6-9-12)7-10-13(17)18/h5-10H,3-4H2,1-2H3,(H,17,18)/b10-7+. The van der Waals surface area contributed by atoms with Crippen molar-refractivity contribution in [2.24, 2.45) is 0 Å². The van der Waals surface area contributed by atoms with Crippen molar-refractivity contribution < 1.29 is 32.3 Å². The summed E-state index contributed by atoms with van der Waals surface area (Å²) in [5.74, 6) is -1.15. The monoisotopic (exact) mass is 334 g/mol. The van der Waals surface area contributed by atoms with Gasteiger partial charge in [0.2, 0.25) is 0 Å². The van der Waals surface area contributed by atoms with Crippen LogP contribution in [0.1, 0.15) is 25.0 Å². The van der Waals surface area contributed by atoms with Gasteiger partial charge in [-0.05, 0) is 25.5 Å². The van der Waals surface area contributed by atoms with E-state index in [-0.39, 0.29) is 13.2 Å². The topological polar surface area (TPSA) is 72.8 Å². The van der Waals surface area contributed by atoms with Gasteiger partial charge in [0.1, 0.15) is 0 Å². The molecule has 1 rings (SSSR count). The van der Waals surface area contributed by atoms with Crippen LogP contribution in [-0.4, -0.2) is 24.3 Å². The minimum absolute atomic E-state index is 0.174. The predicted octanol–water partition coefficient (Wildman–Crippen LogP) is 4.10. The maximum absolute atomic E-state index is 14.4. The second-order valence-corrected chi connectivity index (χ2v) is 6.24. The van der Waals surface area contributed by atoms with Gasteiger partial charge >= 0.3 is 19.2 Å². The van der Waals surface area contributed by atoms with Gasteiger partial charge in [-0.25, -0.2) is 4.79 Å². The maximum atomic E-state index is 14.4. The number of aliphatic carboxylic acids is 1. The predicted molar refractivity (Wildman–Crippen MR) is 77.9 cm³/mol. The summed E-state index contributed by atoms with van der Waals surface area (Å²) in [6.07, 6.45) is 2.15. The Bertz CT molecular complexity index is 573. The van der Waals surface area contributed by atoms with Crippen molar-refractivity contribution >= 4 is 19.6 Å². The lowest BCUT2D eigenvalue weighted by Gasteiger charge is -2.25. The van der Waals surface area contributed by atoms with Gasteiger partial charge in [0, 0.05) is 11.6 Å². The second kappa shape index (κ2) is 7.63. The number of carbonyl (C=O) groups is 1. The first kappa shape index (κ1) is 18.5. The molecule has 0 spiro atoms. The van der Waals surface area contributed by atoms with E-state index in [9.17, 15) is 18.1 Å². The molecule has 1 N–H and O–H groups in total. The van der Waals surface area contributed by atoms with Gasteiger partial charge < -0.3 is 14.2 Å². The molecule has 122 valence electrons. The van der Waals surface area contributed by atoms with Crippen LogP contribution in [0.5, 0.6) is 0 Å². The summed E-state index contributed by atoms with van der Waals surface area (Å²) in [4.78, 5) is 10.4. The number of alkyl halides is 2. The SMILES string of the molecule is CCOP(=O)(OCC)C(F)(F)c1ccc(/C=C/C(=O)O)cc1. The molecule has 0 saturated carbocycles. The van der Waals surface area contributed by atoms with Crippen molar-refractivity contribution in [3.63, 3.8) is 0 Å². The molecule has 1 aromatic rings. The molecule has 0 radical (unpaired) electrons. The Balaban J connectivity index is 3.11. The summed E-state index contributed by atoms with van der Waals surface area (Å²) < 4.78 is 50.4. The molecule has 0 aliphatic carbocycles. The summed E-state index contributed by atoms with van der Waals surface area (Å²) in [7, 11) is -4.64. The van der Waals surface area contributed by atoms with Gasteiger partial charge in [0.15, 0.2) is 0 Å². The molecule has 8 heteroatoms. The van der Waals surface area contributed by atoms with Crippen LogP contribution in [-0.2, 0) is 24.1 Å². The number of rotatable bonds is 8. The van der Waals surface area contributed by atoms with Crippen LogP contribution in [0, 0.1) is 0 Å². The number of carboxylic acid groups (broad SMARTS) is 1. The smallest absolute Gasteiger partial charge is 0.404 e. The Morgan fingerprint density at radius 1 is 1.23 bits per heavy atom. The highest BCUT2D eigenvalue weighted by atomic mass is 31.2. The van der Waals surface area contributed by atoms with Crippen molar-refractivity contribution in [2.45, 2.75) is 19.5 Å². The van der Waals surface area contributed by atoms with Crippen LogP contribution in [0.15, 0.2) is 30.3 Å². The number of carboxylic acids is 1. The van der Waals surface area contributed by atoms with Crippen molar-refractivity contribution in [2.75, 3.05) is 13.2 Å². The zero-order valence-corrected chi connectivity index (χ0v) is 13.1. The van der Waals surface area contributed by atoms with Crippen molar-refractivity contribution in [1.29, 1.82) is 0 Å². The zero-order chi connectivity index (χ0) is 16.8. The lowest BCUT2D eigenvalue weighted by atomic mass is 10.1. The number of halogens is 2. The van der Waals surface area contributed by atoms with E-state index < -0.39 is 24.8 Å². The Morgan fingerprint density at radius 3 is 2.14 bits per heavy atom. The number of hydrogen-bond acceptors (Lipinski definition) is 4. The van der Waals surface area contributed by atoms with E-state index in [2.05, 4.69) is 9.05 Å². The van der Waals surface area contributed by atoms with Crippen molar-refractivity contribution in [1.82, 2.24) is 0 Å². The number of benzene rings is 1. The molecule has 0 bridgehead atoms. The Kier molecular flexibility index (Phi) is 6.41. The van der Waals surface area contributed by atoms with Crippen LogP contribution >= 0.6 is 7.60 Å². The molecule has 22 heavy (non-hydrogen) atoms. The molecule has 5 nitrogen and oxygen atoms in total. The van der Waals surface area contributed by atoms with Gasteiger partial charge in [0.25, 0.3) is 0 Å². The molecule has 0 aliphatic rings. The first-order valence-corrected chi connectivity index (χ1v) is 8.09. The fourth-order valence-electron chi connectivity index (χ4n) is 1.66. The van der Waals surface area contributed by atoms with Crippen LogP contribution in [0.25, 0.3) is 6.08 Å².